The number of pyridine rings is 1. The van der Waals surface area contributed by atoms with Gasteiger partial charge >= 0.3 is 0 Å². The molecule has 1 aromatic heterocycles. The van der Waals surface area contributed by atoms with Crippen molar-refractivity contribution in [2.45, 2.75) is 136 Å². The summed E-state index contributed by atoms with van der Waals surface area (Å²) in [6.07, 6.45) is 30.2. The molecule has 27 heavy (non-hydrogen) atoms. The molecule has 1 aromatic rings. The average molecular weight is 375 g/mol. The first-order chi connectivity index (χ1) is 13.4. The fraction of sp³-hybridized carbons (Fsp3) is 0.808. The molecule has 0 radical (unpaired) electrons. The molecule has 0 saturated heterocycles. The first kappa shape index (κ1) is 24.2. The highest BCUT2D eigenvalue weighted by Crippen LogP contribution is 2.14. The van der Waals surface area contributed by atoms with Crippen LogP contribution < -0.4 is 4.57 Å². The molecular weight excluding hydrogens is 326 g/mol. The lowest BCUT2D eigenvalue weighted by atomic mass is 10.0. The van der Waals surface area contributed by atoms with Crippen molar-refractivity contribution in [1.82, 2.24) is 0 Å². The van der Waals surface area contributed by atoms with E-state index in [4.69, 9.17) is 0 Å². The number of nitrogens with zero attached hydrogens (tertiary/aromatic N) is 1. The predicted octanol–water partition coefficient (Wildman–Crippen LogP) is 8.19. The summed E-state index contributed by atoms with van der Waals surface area (Å²) in [5.41, 5.74) is 1.44. The molecule has 0 spiro atoms. The number of rotatable bonds is 19. The summed E-state index contributed by atoms with van der Waals surface area (Å²) in [4.78, 5) is 0. The predicted molar refractivity (Wildman–Crippen MR) is 120 cm³/mol. The van der Waals surface area contributed by atoms with Crippen molar-refractivity contribution >= 4 is 0 Å². The molecule has 0 N–H and O–H groups in total. The molecule has 0 aliphatic rings. The van der Waals surface area contributed by atoms with Crippen LogP contribution in [0.5, 0.6) is 0 Å². The quantitative estimate of drug-likeness (QED) is 0.170. The summed E-state index contributed by atoms with van der Waals surface area (Å²) < 4.78 is 2.34. The van der Waals surface area contributed by atoms with Crippen molar-refractivity contribution < 1.29 is 4.57 Å². The lowest BCUT2D eigenvalue weighted by molar-refractivity contribution is -0.697. The molecule has 0 saturated carbocycles. The molecule has 0 aliphatic carbocycles. The van der Waals surface area contributed by atoms with E-state index in [2.05, 4.69) is 42.9 Å². The number of hydrogen-bond acceptors (Lipinski definition) is 0. The first-order valence-corrected chi connectivity index (χ1v) is 12.3. The van der Waals surface area contributed by atoms with E-state index in [9.17, 15) is 0 Å². The monoisotopic (exact) mass is 374 g/mol. The zero-order chi connectivity index (χ0) is 19.4. The van der Waals surface area contributed by atoms with Gasteiger partial charge in [-0.2, -0.15) is 0 Å². The first-order valence-electron chi connectivity index (χ1n) is 12.3. The highest BCUT2D eigenvalue weighted by atomic mass is 14.9. The maximum absolute atomic E-state index is 2.34. The highest BCUT2D eigenvalue weighted by Gasteiger charge is 2.00. The van der Waals surface area contributed by atoms with Crippen molar-refractivity contribution in [3.8, 4) is 0 Å². The molecule has 1 heterocycles. The third-order valence-electron chi connectivity index (χ3n) is 5.89. The largest absolute Gasteiger partial charge is 0.205 e. The van der Waals surface area contributed by atoms with Crippen molar-refractivity contribution in [2.24, 2.45) is 0 Å². The van der Waals surface area contributed by atoms with E-state index in [-0.39, 0.29) is 0 Å². The maximum atomic E-state index is 2.34. The second-order valence-corrected chi connectivity index (χ2v) is 8.45. The van der Waals surface area contributed by atoms with Gasteiger partial charge in [-0.15, -0.1) is 0 Å². The summed E-state index contributed by atoms with van der Waals surface area (Å²) in [5, 5.41) is 0. The van der Waals surface area contributed by atoms with Crippen LogP contribution in [0.1, 0.15) is 129 Å². The molecule has 0 unspecified atom stereocenters. The van der Waals surface area contributed by atoms with Gasteiger partial charge in [-0.1, -0.05) is 110 Å². The Balaban J connectivity index is 1.75. The molecule has 0 fully saturated rings. The molecule has 1 rings (SSSR count). The second kappa shape index (κ2) is 18.5. The molecule has 0 amide bonds. The van der Waals surface area contributed by atoms with E-state index in [1.54, 1.807) is 0 Å². The number of hydrogen-bond donors (Lipinski definition) is 0. The standard InChI is InChI=1S/C26H48N/c1-3-5-6-7-8-9-10-11-12-13-14-15-16-17-18-19-20-23-27-24-21-26(4-2)22-25-27/h21-22,24-25H,3-20,23H2,1-2H3/q+1. The van der Waals surface area contributed by atoms with Crippen LogP contribution in [0.25, 0.3) is 0 Å². The van der Waals surface area contributed by atoms with Crippen LogP contribution in [0.3, 0.4) is 0 Å². The average Bonchev–Trinajstić information content (AvgIpc) is 2.70. The van der Waals surface area contributed by atoms with Gasteiger partial charge < -0.3 is 0 Å². The van der Waals surface area contributed by atoms with Crippen LogP contribution in [0, 0.1) is 0 Å². The molecule has 0 aliphatic heterocycles. The number of unbranched alkanes of at least 4 members (excludes halogenated alkanes) is 16. The van der Waals surface area contributed by atoms with Gasteiger partial charge in [-0.05, 0) is 18.4 Å². The van der Waals surface area contributed by atoms with Gasteiger partial charge in [0.2, 0.25) is 0 Å². The Morgan fingerprint density at radius 2 is 0.889 bits per heavy atom. The van der Waals surface area contributed by atoms with Crippen LogP contribution in [-0.2, 0) is 13.0 Å². The van der Waals surface area contributed by atoms with Crippen LogP contribution in [0.4, 0.5) is 0 Å². The summed E-state index contributed by atoms with van der Waals surface area (Å²) >= 11 is 0. The summed E-state index contributed by atoms with van der Waals surface area (Å²) in [6.45, 7) is 5.70. The molecule has 1 nitrogen and oxygen atoms in total. The van der Waals surface area contributed by atoms with Gasteiger partial charge in [-0.3, -0.25) is 0 Å². The lowest BCUT2D eigenvalue weighted by Gasteiger charge is -2.03. The van der Waals surface area contributed by atoms with Gasteiger partial charge in [0.05, 0.1) is 0 Å². The molecule has 1 heteroatoms. The third kappa shape index (κ3) is 14.8. The van der Waals surface area contributed by atoms with Gasteiger partial charge in [-0.25, -0.2) is 4.57 Å². The van der Waals surface area contributed by atoms with Crippen molar-refractivity contribution in [3.63, 3.8) is 0 Å². The Hall–Kier alpha value is -0.850. The summed E-state index contributed by atoms with van der Waals surface area (Å²) in [5.74, 6) is 0. The zero-order valence-corrected chi connectivity index (χ0v) is 18.7. The van der Waals surface area contributed by atoms with Crippen LogP contribution >= 0.6 is 0 Å². The molecule has 156 valence electrons. The SMILES string of the molecule is CCCCCCCCCCCCCCCCCCC[n+]1ccc(CC)cc1. The molecule has 0 bridgehead atoms. The minimum Gasteiger partial charge on any atom is -0.205 e. The normalized spacial score (nSPS) is 11.2. The molecule has 0 aromatic carbocycles. The van der Waals surface area contributed by atoms with E-state index in [0.717, 1.165) is 6.42 Å². The van der Waals surface area contributed by atoms with E-state index in [0.29, 0.717) is 0 Å². The Labute approximate surface area is 171 Å². The summed E-state index contributed by atoms with van der Waals surface area (Å²) in [6, 6.07) is 4.52. The van der Waals surface area contributed by atoms with Crippen LogP contribution in [0.2, 0.25) is 0 Å². The smallest absolute Gasteiger partial charge is 0.169 e. The fourth-order valence-electron chi connectivity index (χ4n) is 3.89. The Kier molecular flexibility index (Phi) is 16.6. The highest BCUT2D eigenvalue weighted by molar-refractivity contribution is 5.06. The van der Waals surface area contributed by atoms with Crippen molar-refractivity contribution in [2.75, 3.05) is 0 Å². The Bertz CT molecular complexity index is 409. The fourth-order valence-corrected chi connectivity index (χ4v) is 3.89. The van der Waals surface area contributed by atoms with Gasteiger partial charge in [0.1, 0.15) is 6.54 Å². The van der Waals surface area contributed by atoms with E-state index >= 15 is 0 Å². The Morgan fingerprint density at radius 1 is 0.519 bits per heavy atom. The third-order valence-corrected chi connectivity index (χ3v) is 5.89. The minimum absolute atomic E-state index is 1.14. The van der Waals surface area contributed by atoms with Crippen LogP contribution in [-0.4, -0.2) is 0 Å². The lowest BCUT2D eigenvalue weighted by Crippen LogP contribution is -2.32. The molecular formula is C26H48N+. The maximum Gasteiger partial charge on any atom is 0.169 e. The molecule has 0 atom stereocenters. The van der Waals surface area contributed by atoms with Crippen molar-refractivity contribution in [1.29, 1.82) is 0 Å². The topological polar surface area (TPSA) is 3.88 Å². The zero-order valence-electron chi connectivity index (χ0n) is 18.7. The number of aryl methyl sites for hydroxylation is 2. The van der Waals surface area contributed by atoms with E-state index in [1.807, 2.05) is 0 Å². The van der Waals surface area contributed by atoms with E-state index in [1.165, 1.54) is 121 Å². The minimum atomic E-state index is 1.14. The Morgan fingerprint density at radius 3 is 1.26 bits per heavy atom. The van der Waals surface area contributed by atoms with Gasteiger partial charge in [0.15, 0.2) is 12.4 Å². The van der Waals surface area contributed by atoms with Gasteiger partial charge in [0, 0.05) is 18.6 Å². The van der Waals surface area contributed by atoms with E-state index < -0.39 is 0 Å². The van der Waals surface area contributed by atoms with Crippen LogP contribution in [0.15, 0.2) is 24.5 Å². The number of aromatic nitrogens is 1. The van der Waals surface area contributed by atoms with Gasteiger partial charge in [0.25, 0.3) is 0 Å². The second-order valence-electron chi connectivity index (χ2n) is 8.45. The summed E-state index contributed by atoms with van der Waals surface area (Å²) in [7, 11) is 0. The van der Waals surface area contributed by atoms with Crippen molar-refractivity contribution in [3.05, 3.63) is 30.1 Å².